The summed E-state index contributed by atoms with van der Waals surface area (Å²) in [6.07, 6.45) is 0.307. The Bertz CT molecular complexity index is 606. The van der Waals surface area contributed by atoms with E-state index in [4.69, 9.17) is 5.26 Å². The van der Waals surface area contributed by atoms with E-state index in [-0.39, 0.29) is 12.5 Å². The standard InChI is InChI=1S/C13H12N4O3/c14-7-8-2-1-3-9(6-8)11(18)15-5-4-10-12(19)17-13(20)16-10/h1-3,6,10H,4-5H2,(H,15,18)(H2,16,17,19,20). The number of amides is 4. The number of imide groups is 1. The number of carbonyl (C=O) groups excluding carboxylic acids is 3. The smallest absolute Gasteiger partial charge is 0.322 e. The molecule has 0 saturated carbocycles. The van der Waals surface area contributed by atoms with Crippen LogP contribution < -0.4 is 16.0 Å². The first-order valence-electron chi connectivity index (χ1n) is 6.00. The van der Waals surface area contributed by atoms with Crippen molar-refractivity contribution in [3.05, 3.63) is 35.4 Å². The molecule has 0 spiro atoms. The second-order valence-corrected chi connectivity index (χ2v) is 4.25. The monoisotopic (exact) mass is 272 g/mol. The van der Waals surface area contributed by atoms with Crippen molar-refractivity contribution >= 4 is 17.8 Å². The molecule has 1 unspecified atom stereocenters. The topological polar surface area (TPSA) is 111 Å². The van der Waals surface area contributed by atoms with Gasteiger partial charge in [-0.25, -0.2) is 4.79 Å². The Morgan fingerprint density at radius 3 is 2.85 bits per heavy atom. The van der Waals surface area contributed by atoms with E-state index < -0.39 is 18.0 Å². The summed E-state index contributed by atoms with van der Waals surface area (Å²) in [7, 11) is 0. The van der Waals surface area contributed by atoms with Crippen LogP contribution in [-0.2, 0) is 4.79 Å². The van der Waals surface area contributed by atoms with Gasteiger partial charge >= 0.3 is 6.03 Å². The summed E-state index contributed by atoms with van der Waals surface area (Å²) in [4.78, 5) is 34.0. The third-order valence-corrected chi connectivity index (χ3v) is 2.83. The lowest BCUT2D eigenvalue weighted by molar-refractivity contribution is -0.120. The average Bonchev–Trinajstić information content (AvgIpc) is 2.77. The molecule has 1 aromatic rings. The van der Waals surface area contributed by atoms with Gasteiger partial charge in [0.05, 0.1) is 11.6 Å². The summed E-state index contributed by atoms with van der Waals surface area (Å²) in [5.41, 5.74) is 0.782. The van der Waals surface area contributed by atoms with Gasteiger partial charge in [-0.2, -0.15) is 5.26 Å². The van der Waals surface area contributed by atoms with Gasteiger partial charge in [-0.3, -0.25) is 14.9 Å². The molecular weight excluding hydrogens is 260 g/mol. The maximum Gasteiger partial charge on any atom is 0.322 e. The molecule has 0 aliphatic carbocycles. The largest absolute Gasteiger partial charge is 0.352 e. The minimum atomic E-state index is -0.617. The van der Waals surface area contributed by atoms with Crippen LogP contribution in [0.5, 0.6) is 0 Å². The number of nitrogens with zero attached hydrogens (tertiary/aromatic N) is 1. The second-order valence-electron chi connectivity index (χ2n) is 4.25. The Labute approximate surface area is 115 Å². The highest BCUT2D eigenvalue weighted by Gasteiger charge is 2.28. The van der Waals surface area contributed by atoms with Crippen LogP contribution in [-0.4, -0.2) is 30.4 Å². The first kappa shape index (κ1) is 13.5. The number of nitrogens with one attached hydrogen (secondary N) is 3. The highest BCUT2D eigenvalue weighted by Crippen LogP contribution is 2.04. The normalized spacial score (nSPS) is 17.1. The molecule has 1 aliphatic heterocycles. The van der Waals surface area contributed by atoms with Crippen molar-refractivity contribution in [3.8, 4) is 6.07 Å². The third kappa shape index (κ3) is 3.11. The lowest BCUT2D eigenvalue weighted by Gasteiger charge is -2.08. The van der Waals surface area contributed by atoms with Crippen molar-refractivity contribution in [3.63, 3.8) is 0 Å². The Hall–Kier alpha value is -2.88. The quantitative estimate of drug-likeness (QED) is 0.664. The molecule has 0 bridgehead atoms. The fourth-order valence-corrected chi connectivity index (χ4v) is 1.82. The second kappa shape index (κ2) is 5.84. The number of rotatable bonds is 4. The van der Waals surface area contributed by atoms with E-state index in [0.29, 0.717) is 17.5 Å². The summed E-state index contributed by atoms with van der Waals surface area (Å²) < 4.78 is 0. The highest BCUT2D eigenvalue weighted by molar-refractivity contribution is 6.04. The van der Waals surface area contributed by atoms with E-state index in [0.717, 1.165) is 0 Å². The minimum Gasteiger partial charge on any atom is -0.352 e. The molecule has 1 aliphatic rings. The zero-order valence-electron chi connectivity index (χ0n) is 10.5. The highest BCUT2D eigenvalue weighted by atomic mass is 16.2. The molecule has 102 valence electrons. The number of carbonyl (C=O) groups is 3. The summed E-state index contributed by atoms with van der Waals surface area (Å²) in [5, 5.41) is 15.9. The molecule has 7 nitrogen and oxygen atoms in total. The van der Waals surface area contributed by atoms with Crippen LogP contribution in [0.1, 0.15) is 22.3 Å². The zero-order valence-corrected chi connectivity index (χ0v) is 10.5. The Balaban J connectivity index is 1.85. The summed E-state index contributed by atoms with van der Waals surface area (Å²) >= 11 is 0. The molecule has 0 aromatic heterocycles. The maximum atomic E-state index is 11.8. The third-order valence-electron chi connectivity index (χ3n) is 2.83. The van der Waals surface area contributed by atoms with Crippen molar-refractivity contribution < 1.29 is 14.4 Å². The lowest BCUT2D eigenvalue weighted by atomic mass is 10.1. The molecule has 1 aromatic carbocycles. The van der Waals surface area contributed by atoms with Crippen LogP contribution in [0.4, 0.5) is 4.79 Å². The van der Waals surface area contributed by atoms with Gasteiger partial charge in [-0.05, 0) is 24.6 Å². The summed E-state index contributed by atoms with van der Waals surface area (Å²) in [6, 6.07) is 7.13. The van der Waals surface area contributed by atoms with E-state index in [1.54, 1.807) is 18.2 Å². The first-order chi connectivity index (χ1) is 9.60. The number of nitriles is 1. The molecule has 4 amide bonds. The fourth-order valence-electron chi connectivity index (χ4n) is 1.82. The van der Waals surface area contributed by atoms with Gasteiger partial charge in [0.1, 0.15) is 6.04 Å². The van der Waals surface area contributed by atoms with Gasteiger partial charge in [-0.15, -0.1) is 0 Å². The van der Waals surface area contributed by atoms with Crippen molar-refractivity contribution in [2.45, 2.75) is 12.5 Å². The van der Waals surface area contributed by atoms with Crippen molar-refractivity contribution in [2.24, 2.45) is 0 Å². The van der Waals surface area contributed by atoms with Gasteiger partial charge in [0, 0.05) is 12.1 Å². The average molecular weight is 272 g/mol. The van der Waals surface area contributed by atoms with Crippen LogP contribution in [0, 0.1) is 11.3 Å². The molecule has 0 radical (unpaired) electrons. The Morgan fingerprint density at radius 1 is 1.40 bits per heavy atom. The van der Waals surface area contributed by atoms with Crippen LogP contribution in [0.15, 0.2) is 24.3 Å². The van der Waals surface area contributed by atoms with Crippen LogP contribution in [0.2, 0.25) is 0 Å². The van der Waals surface area contributed by atoms with E-state index in [9.17, 15) is 14.4 Å². The molecule has 1 fully saturated rings. The molecule has 2 rings (SSSR count). The predicted octanol–water partition coefficient (Wildman–Crippen LogP) is -0.114. The summed E-state index contributed by atoms with van der Waals surface area (Å²) in [6.45, 7) is 0.244. The lowest BCUT2D eigenvalue weighted by Crippen LogP contribution is -2.34. The molecule has 1 atom stereocenters. The first-order valence-corrected chi connectivity index (χ1v) is 6.00. The van der Waals surface area contributed by atoms with Crippen LogP contribution in [0.25, 0.3) is 0 Å². The van der Waals surface area contributed by atoms with Crippen LogP contribution >= 0.6 is 0 Å². The number of hydrogen-bond donors (Lipinski definition) is 3. The van der Waals surface area contributed by atoms with E-state index in [1.165, 1.54) is 6.07 Å². The van der Waals surface area contributed by atoms with Gasteiger partial charge < -0.3 is 10.6 Å². The molecule has 1 heterocycles. The zero-order chi connectivity index (χ0) is 14.5. The van der Waals surface area contributed by atoms with Gasteiger partial charge in [0.25, 0.3) is 11.8 Å². The molecule has 3 N–H and O–H groups in total. The number of benzene rings is 1. The molecular formula is C13H12N4O3. The number of urea groups is 1. The van der Waals surface area contributed by atoms with E-state index in [2.05, 4.69) is 16.0 Å². The molecule has 20 heavy (non-hydrogen) atoms. The fraction of sp³-hybridized carbons (Fsp3) is 0.231. The SMILES string of the molecule is N#Cc1cccc(C(=O)NCCC2NC(=O)NC2=O)c1. The maximum absolute atomic E-state index is 11.8. The Kier molecular flexibility index (Phi) is 3.96. The summed E-state index contributed by atoms with van der Waals surface area (Å²) in [5.74, 6) is -0.720. The Morgan fingerprint density at radius 2 is 2.20 bits per heavy atom. The van der Waals surface area contributed by atoms with Gasteiger partial charge in [0.2, 0.25) is 0 Å². The predicted molar refractivity (Wildman–Crippen MR) is 68.6 cm³/mol. The van der Waals surface area contributed by atoms with Crippen molar-refractivity contribution in [2.75, 3.05) is 6.54 Å². The minimum absolute atomic E-state index is 0.244. The van der Waals surface area contributed by atoms with Gasteiger partial charge in [0.15, 0.2) is 0 Å². The van der Waals surface area contributed by atoms with E-state index in [1.807, 2.05) is 6.07 Å². The van der Waals surface area contributed by atoms with Crippen molar-refractivity contribution in [1.29, 1.82) is 5.26 Å². The van der Waals surface area contributed by atoms with Gasteiger partial charge in [-0.1, -0.05) is 6.07 Å². The van der Waals surface area contributed by atoms with E-state index >= 15 is 0 Å². The molecule has 7 heteroatoms. The van der Waals surface area contributed by atoms with Crippen molar-refractivity contribution in [1.82, 2.24) is 16.0 Å². The molecule has 1 saturated heterocycles. The number of hydrogen-bond acceptors (Lipinski definition) is 4. The van der Waals surface area contributed by atoms with Crippen LogP contribution in [0.3, 0.4) is 0 Å².